The van der Waals surface area contributed by atoms with Crippen molar-refractivity contribution in [1.82, 2.24) is 4.90 Å². The number of amides is 2. The first kappa shape index (κ1) is 21.6. The Morgan fingerprint density at radius 2 is 1.72 bits per heavy atom. The summed E-state index contributed by atoms with van der Waals surface area (Å²) in [4.78, 5) is 27.4. The van der Waals surface area contributed by atoms with E-state index in [2.05, 4.69) is 0 Å². The predicted octanol–water partition coefficient (Wildman–Crippen LogP) is 3.30. The van der Waals surface area contributed by atoms with E-state index in [-0.39, 0.29) is 25.5 Å². The molecule has 1 aliphatic rings. The number of methoxy groups -OCH3 is 1. The van der Waals surface area contributed by atoms with Crippen LogP contribution in [0.3, 0.4) is 0 Å². The summed E-state index contributed by atoms with van der Waals surface area (Å²) >= 11 is 0. The molecule has 0 radical (unpaired) electrons. The van der Waals surface area contributed by atoms with Crippen molar-refractivity contribution in [2.45, 2.75) is 12.0 Å². The van der Waals surface area contributed by atoms with Gasteiger partial charge in [0.1, 0.15) is 5.75 Å². The van der Waals surface area contributed by atoms with Crippen molar-refractivity contribution in [3.63, 3.8) is 0 Å². The van der Waals surface area contributed by atoms with Gasteiger partial charge >= 0.3 is 0 Å². The van der Waals surface area contributed by atoms with E-state index in [1.807, 2.05) is 60.7 Å². The molecule has 1 heterocycles. The van der Waals surface area contributed by atoms with Gasteiger partial charge in [-0.1, -0.05) is 66.7 Å². The van der Waals surface area contributed by atoms with Crippen LogP contribution in [0, 0.1) is 0 Å². The molecule has 6 nitrogen and oxygen atoms in total. The van der Waals surface area contributed by atoms with Crippen LogP contribution in [0.25, 0.3) is 11.1 Å². The number of para-hydroxylation sites is 1. The van der Waals surface area contributed by atoms with E-state index in [0.717, 1.165) is 16.7 Å². The topological polar surface area (TPSA) is 81.9 Å². The second-order valence-electron chi connectivity index (χ2n) is 7.88. The van der Waals surface area contributed by atoms with Crippen LogP contribution >= 0.6 is 0 Å². The summed E-state index contributed by atoms with van der Waals surface area (Å²) in [6.07, 6.45) is 0.276. The molecule has 6 heteroatoms. The molecule has 1 atom stereocenters. The second-order valence-corrected chi connectivity index (χ2v) is 7.88. The summed E-state index contributed by atoms with van der Waals surface area (Å²) in [7, 11) is 1.53. The van der Waals surface area contributed by atoms with Crippen molar-refractivity contribution in [3.05, 3.63) is 90.0 Å². The predicted molar refractivity (Wildman–Crippen MR) is 122 cm³/mol. The maximum Gasteiger partial charge on any atom is 0.257 e. The highest BCUT2D eigenvalue weighted by molar-refractivity contribution is 5.97. The molecule has 1 fully saturated rings. The molecule has 0 bridgehead atoms. The molecule has 164 valence electrons. The first-order chi connectivity index (χ1) is 15.5. The Bertz CT molecular complexity index is 1120. The summed E-state index contributed by atoms with van der Waals surface area (Å²) in [6.45, 7) is 0.674. The zero-order chi connectivity index (χ0) is 22.6. The molecular formula is C26H26N2O4. The lowest BCUT2D eigenvalue weighted by atomic mass is 9.90. The molecule has 3 aromatic carbocycles. The smallest absolute Gasteiger partial charge is 0.257 e. The van der Waals surface area contributed by atoms with Gasteiger partial charge in [-0.05, 0) is 28.8 Å². The average molecular weight is 431 g/mol. The quantitative estimate of drug-likeness (QED) is 0.651. The third kappa shape index (κ3) is 4.36. The van der Waals surface area contributed by atoms with Gasteiger partial charge < -0.3 is 20.1 Å². The van der Waals surface area contributed by atoms with Gasteiger partial charge in [0.05, 0.1) is 25.8 Å². The minimum absolute atomic E-state index is 0.0782. The van der Waals surface area contributed by atoms with Crippen molar-refractivity contribution in [2.75, 3.05) is 26.8 Å². The van der Waals surface area contributed by atoms with Gasteiger partial charge in [0.2, 0.25) is 0 Å². The molecule has 32 heavy (non-hydrogen) atoms. The monoisotopic (exact) mass is 430 g/mol. The summed E-state index contributed by atoms with van der Waals surface area (Å²) in [5.74, 6) is -0.307. The number of carbonyl (C=O) groups excluding carboxylic acids is 2. The Labute approximate surface area is 187 Å². The highest BCUT2D eigenvalue weighted by Gasteiger charge is 2.44. The number of morpholine rings is 1. The standard InChI is InChI=1S/C26H26N2O4/c1-31-23-13-6-5-12-22(23)24(29)28-14-15-32-26(18-28,25(27)30)17-19-8-7-11-21(16-19)20-9-3-2-4-10-20/h2-13,16H,14-15,17-18H2,1H3,(H2,27,30)/t26-/m1/s1. The van der Waals surface area contributed by atoms with Gasteiger partial charge in [-0.25, -0.2) is 0 Å². The molecule has 0 aliphatic carbocycles. The molecule has 2 N–H and O–H groups in total. The van der Waals surface area contributed by atoms with Gasteiger partial charge in [0, 0.05) is 13.0 Å². The van der Waals surface area contributed by atoms with Crippen molar-refractivity contribution in [1.29, 1.82) is 0 Å². The first-order valence-corrected chi connectivity index (χ1v) is 10.5. The highest BCUT2D eigenvalue weighted by atomic mass is 16.5. The molecule has 0 spiro atoms. The van der Waals surface area contributed by atoms with Crippen LogP contribution in [0.2, 0.25) is 0 Å². The highest BCUT2D eigenvalue weighted by Crippen LogP contribution is 2.28. The molecular weight excluding hydrogens is 404 g/mol. The van der Waals surface area contributed by atoms with Crippen LogP contribution < -0.4 is 10.5 Å². The Hall–Kier alpha value is -3.64. The normalized spacial score (nSPS) is 18.2. The molecule has 2 amide bonds. The van der Waals surface area contributed by atoms with Gasteiger partial charge in [-0.2, -0.15) is 0 Å². The van der Waals surface area contributed by atoms with Crippen LogP contribution in [0.4, 0.5) is 0 Å². The Kier molecular flexibility index (Phi) is 6.23. The van der Waals surface area contributed by atoms with Crippen molar-refractivity contribution < 1.29 is 19.1 Å². The van der Waals surface area contributed by atoms with E-state index in [1.54, 1.807) is 23.1 Å². The van der Waals surface area contributed by atoms with E-state index in [1.165, 1.54) is 7.11 Å². The van der Waals surface area contributed by atoms with Gasteiger partial charge in [0.15, 0.2) is 5.60 Å². The van der Waals surface area contributed by atoms with Crippen molar-refractivity contribution in [2.24, 2.45) is 5.73 Å². The number of nitrogens with two attached hydrogens (primary N) is 1. The van der Waals surface area contributed by atoms with Gasteiger partial charge in [-0.15, -0.1) is 0 Å². The third-order valence-corrected chi connectivity index (χ3v) is 5.78. The van der Waals surface area contributed by atoms with E-state index in [9.17, 15) is 9.59 Å². The molecule has 4 rings (SSSR count). The number of hydrogen-bond acceptors (Lipinski definition) is 4. The second kappa shape index (κ2) is 9.24. The fraction of sp³-hybridized carbons (Fsp3) is 0.231. The Morgan fingerprint density at radius 1 is 1.00 bits per heavy atom. The summed E-state index contributed by atoms with van der Waals surface area (Å²) in [5.41, 5.74) is 8.01. The molecule has 1 aliphatic heterocycles. The molecule has 0 unspecified atom stereocenters. The maximum atomic E-state index is 13.2. The lowest BCUT2D eigenvalue weighted by Gasteiger charge is -2.41. The lowest BCUT2D eigenvalue weighted by molar-refractivity contribution is -0.153. The summed E-state index contributed by atoms with van der Waals surface area (Å²) in [6, 6.07) is 25.0. The number of rotatable bonds is 6. The van der Waals surface area contributed by atoms with E-state index < -0.39 is 11.5 Å². The van der Waals surface area contributed by atoms with Crippen LogP contribution in [0.5, 0.6) is 5.75 Å². The van der Waals surface area contributed by atoms with Crippen molar-refractivity contribution in [3.8, 4) is 16.9 Å². The summed E-state index contributed by atoms with van der Waals surface area (Å²) in [5, 5.41) is 0. The number of ether oxygens (including phenoxy) is 2. The SMILES string of the molecule is COc1ccccc1C(=O)N1CCO[C@@](Cc2cccc(-c3ccccc3)c2)(C(N)=O)C1. The minimum Gasteiger partial charge on any atom is -0.496 e. The van der Waals surface area contributed by atoms with Gasteiger partial charge in [0.25, 0.3) is 11.8 Å². The Morgan fingerprint density at radius 3 is 2.47 bits per heavy atom. The van der Waals surface area contributed by atoms with Crippen LogP contribution in [0.15, 0.2) is 78.9 Å². The minimum atomic E-state index is -1.30. The van der Waals surface area contributed by atoms with Crippen LogP contribution in [-0.2, 0) is 16.0 Å². The average Bonchev–Trinajstić information content (AvgIpc) is 2.84. The maximum absolute atomic E-state index is 13.2. The third-order valence-electron chi connectivity index (χ3n) is 5.78. The Balaban J connectivity index is 1.60. The van der Waals surface area contributed by atoms with E-state index in [0.29, 0.717) is 17.9 Å². The summed E-state index contributed by atoms with van der Waals surface area (Å²) < 4.78 is 11.3. The molecule has 1 saturated heterocycles. The fourth-order valence-electron chi connectivity index (χ4n) is 4.11. The zero-order valence-corrected chi connectivity index (χ0v) is 18.0. The first-order valence-electron chi connectivity index (χ1n) is 10.5. The number of nitrogens with zero attached hydrogens (tertiary/aromatic N) is 1. The van der Waals surface area contributed by atoms with Crippen LogP contribution in [0.1, 0.15) is 15.9 Å². The number of primary amides is 1. The van der Waals surface area contributed by atoms with E-state index in [4.69, 9.17) is 15.2 Å². The lowest BCUT2D eigenvalue weighted by Crippen LogP contribution is -2.61. The molecule has 0 saturated carbocycles. The van der Waals surface area contributed by atoms with E-state index >= 15 is 0 Å². The number of benzene rings is 3. The van der Waals surface area contributed by atoms with Gasteiger partial charge in [-0.3, -0.25) is 9.59 Å². The number of carbonyl (C=O) groups is 2. The molecule has 0 aromatic heterocycles. The zero-order valence-electron chi connectivity index (χ0n) is 18.0. The fourth-order valence-corrected chi connectivity index (χ4v) is 4.11. The van der Waals surface area contributed by atoms with Crippen LogP contribution in [-0.4, -0.2) is 49.1 Å². The van der Waals surface area contributed by atoms with Crippen molar-refractivity contribution >= 4 is 11.8 Å². The molecule has 3 aromatic rings. The number of hydrogen-bond donors (Lipinski definition) is 1. The largest absolute Gasteiger partial charge is 0.496 e.